The third-order valence-corrected chi connectivity index (χ3v) is 3.21. The number of esters is 1. The summed E-state index contributed by atoms with van der Waals surface area (Å²) in [4.78, 5) is 21.5. The second-order valence-electron chi connectivity index (χ2n) is 5.11. The van der Waals surface area contributed by atoms with E-state index in [1.165, 1.54) is 32.1 Å². The van der Waals surface area contributed by atoms with Gasteiger partial charge in [0.25, 0.3) is 0 Å². The number of hydrogen-bond donors (Lipinski definition) is 0. The van der Waals surface area contributed by atoms with E-state index in [0.717, 1.165) is 38.4 Å². The molecule has 3 nitrogen and oxygen atoms in total. The van der Waals surface area contributed by atoms with Crippen LogP contribution < -0.4 is 0 Å². The molecule has 0 unspecified atom stereocenters. The normalized spacial score (nSPS) is 10.4. The Morgan fingerprint density at radius 1 is 0.895 bits per heavy atom. The van der Waals surface area contributed by atoms with Gasteiger partial charge in [0.2, 0.25) is 0 Å². The van der Waals surface area contributed by atoms with Crippen LogP contribution in [0.2, 0.25) is 0 Å². The topological polar surface area (TPSA) is 43.4 Å². The minimum Gasteiger partial charge on any atom is -0.466 e. The Balaban J connectivity index is 3.14. The molecule has 0 aromatic carbocycles. The summed E-state index contributed by atoms with van der Waals surface area (Å²) in [6.07, 6.45) is 13.4. The number of ether oxygens (including phenoxy) is 1. The molecule has 0 saturated heterocycles. The molecule has 0 bridgehead atoms. The van der Waals surface area contributed by atoms with E-state index < -0.39 is 0 Å². The van der Waals surface area contributed by atoms with Gasteiger partial charge in [-0.15, -0.1) is 0 Å². The van der Waals surface area contributed by atoms with Gasteiger partial charge >= 0.3 is 5.97 Å². The van der Waals surface area contributed by atoms with E-state index in [2.05, 4.69) is 6.92 Å². The van der Waals surface area contributed by atoms with Crippen molar-refractivity contribution >= 4 is 12.3 Å². The second-order valence-corrected chi connectivity index (χ2v) is 5.11. The van der Waals surface area contributed by atoms with E-state index in [9.17, 15) is 9.59 Å². The molecule has 0 aromatic rings. The summed E-state index contributed by atoms with van der Waals surface area (Å²) in [6.45, 7) is 2.73. The summed E-state index contributed by atoms with van der Waals surface area (Å²) in [5.74, 6) is -0.0658. The van der Waals surface area contributed by atoms with E-state index in [4.69, 9.17) is 4.74 Å². The van der Waals surface area contributed by atoms with Crippen molar-refractivity contribution in [2.24, 2.45) is 0 Å². The molecule has 0 aliphatic heterocycles. The van der Waals surface area contributed by atoms with Crippen molar-refractivity contribution < 1.29 is 14.3 Å². The Bertz CT molecular complexity index is 214. The summed E-state index contributed by atoms with van der Waals surface area (Å²) < 4.78 is 5.14. The van der Waals surface area contributed by atoms with Crippen LogP contribution in [0.3, 0.4) is 0 Å². The standard InChI is InChI=1S/C16H30O3/c1-2-3-4-5-6-7-10-13-16(18)19-15-12-9-8-11-14-17/h14H,2-13,15H2,1H3. The Morgan fingerprint density at radius 2 is 1.53 bits per heavy atom. The first-order chi connectivity index (χ1) is 9.31. The van der Waals surface area contributed by atoms with Crippen LogP contribution in [0, 0.1) is 0 Å². The fourth-order valence-corrected chi connectivity index (χ4v) is 1.99. The zero-order valence-electron chi connectivity index (χ0n) is 12.5. The van der Waals surface area contributed by atoms with E-state index in [1.54, 1.807) is 0 Å². The maximum absolute atomic E-state index is 11.4. The smallest absolute Gasteiger partial charge is 0.305 e. The minimum atomic E-state index is -0.0658. The van der Waals surface area contributed by atoms with Gasteiger partial charge in [-0.05, 0) is 25.7 Å². The number of hydrogen-bond acceptors (Lipinski definition) is 3. The maximum Gasteiger partial charge on any atom is 0.305 e. The van der Waals surface area contributed by atoms with Gasteiger partial charge in [0.1, 0.15) is 6.29 Å². The SMILES string of the molecule is CCCCCCCCCC(=O)OCCCCCC=O. The van der Waals surface area contributed by atoms with Crippen LogP contribution in [0.4, 0.5) is 0 Å². The molecule has 19 heavy (non-hydrogen) atoms. The number of aldehydes is 1. The van der Waals surface area contributed by atoms with Gasteiger partial charge in [0, 0.05) is 12.8 Å². The van der Waals surface area contributed by atoms with Crippen LogP contribution in [-0.4, -0.2) is 18.9 Å². The number of carbonyl (C=O) groups is 2. The lowest BCUT2D eigenvalue weighted by atomic mass is 10.1. The van der Waals surface area contributed by atoms with Crippen LogP contribution in [0.15, 0.2) is 0 Å². The zero-order chi connectivity index (χ0) is 14.2. The predicted octanol–water partition coefficient (Wildman–Crippen LogP) is 4.43. The van der Waals surface area contributed by atoms with Gasteiger partial charge in [-0.25, -0.2) is 0 Å². The highest BCUT2D eigenvalue weighted by atomic mass is 16.5. The molecule has 0 atom stereocenters. The molecule has 0 amide bonds. The lowest BCUT2D eigenvalue weighted by Gasteiger charge is -2.04. The lowest BCUT2D eigenvalue weighted by Crippen LogP contribution is -2.05. The van der Waals surface area contributed by atoms with Crippen molar-refractivity contribution in [2.75, 3.05) is 6.61 Å². The molecule has 3 heteroatoms. The summed E-state index contributed by atoms with van der Waals surface area (Å²) in [5.41, 5.74) is 0. The first-order valence-corrected chi connectivity index (χ1v) is 7.90. The molecule has 0 fully saturated rings. The van der Waals surface area contributed by atoms with Gasteiger partial charge < -0.3 is 9.53 Å². The van der Waals surface area contributed by atoms with Crippen LogP contribution >= 0.6 is 0 Å². The molecule has 0 aromatic heterocycles. The first kappa shape index (κ1) is 18.1. The predicted molar refractivity (Wildman–Crippen MR) is 78.1 cm³/mol. The van der Waals surface area contributed by atoms with Crippen LogP contribution in [0.25, 0.3) is 0 Å². The molecule has 0 rings (SSSR count). The van der Waals surface area contributed by atoms with Gasteiger partial charge in [0.15, 0.2) is 0 Å². The molecular formula is C16H30O3. The largest absolute Gasteiger partial charge is 0.466 e. The summed E-state index contributed by atoms with van der Waals surface area (Å²) in [7, 11) is 0. The van der Waals surface area contributed by atoms with E-state index in [1.807, 2.05) is 0 Å². The summed E-state index contributed by atoms with van der Waals surface area (Å²) in [6, 6.07) is 0. The number of carbonyl (C=O) groups excluding carboxylic acids is 2. The van der Waals surface area contributed by atoms with Crippen molar-refractivity contribution in [3.63, 3.8) is 0 Å². The maximum atomic E-state index is 11.4. The first-order valence-electron chi connectivity index (χ1n) is 7.90. The van der Waals surface area contributed by atoms with Gasteiger partial charge in [-0.1, -0.05) is 45.4 Å². The highest BCUT2D eigenvalue weighted by Crippen LogP contribution is 2.09. The molecule has 0 radical (unpaired) electrons. The highest BCUT2D eigenvalue weighted by molar-refractivity contribution is 5.69. The van der Waals surface area contributed by atoms with Crippen LogP contribution in [0.5, 0.6) is 0 Å². The van der Waals surface area contributed by atoms with Gasteiger partial charge in [-0.3, -0.25) is 4.79 Å². The van der Waals surface area contributed by atoms with Crippen molar-refractivity contribution in [3.05, 3.63) is 0 Å². The van der Waals surface area contributed by atoms with Crippen molar-refractivity contribution in [1.82, 2.24) is 0 Å². The Morgan fingerprint density at radius 3 is 2.21 bits per heavy atom. The fraction of sp³-hybridized carbons (Fsp3) is 0.875. The molecule has 0 aliphatic carbocycles. The van der Waals surface area contributed by atoms with Gasteiger partial charge in [-0.2, -0.15) is 0 Å². The van der Waals surface area contributed by atoms with Crippen molar-refractivity contribution in [3.8, 4) is 0 Å². The van der Waals surface area contributed by atoms with E-state index in [-0.39, 0.29) is 5.97 Å². The monoisotopic (exact) mass is 270 g/mol. The van der Waals surface area contributed by atoms with Crippen molar-refractivity contribution in [1.29, 1.82) is 0 Å². The Hall–Kier alpha value is -0.860. The molecular weight excluding hydrogens is 240 g/mol. The molecule has 0 aliphatic rings. The molecule has 112 valence electrons. The molecule has 0 N–H and O–H groups in total. The van der Waals surface area contributed by atoms with Crippen molar-refractivity contribution in [2.45, 2.75) is 84.0 Å². The van der Waals surface area contributed by atoms with Gasteiger partial charge in [0.05, 0.1) is 6.61 Å². The highest BCUT2D eigenvalue weighted by Gasteiger charge is 2.02. The quantitative estimate of drug-likeness (QED) is 0.266. The summed E-state index contributed by atoms with van der Waals surface area (Å²) in [5, 5.41) is 0. The fourth-order valence-electron chi connectivity index (χ4n) is 1.99. The molecule has 0 saturated carbocycles. The van der Waals surface area contributed by atoms with E-state index >= 15 is 0 Å². The Kier molecular flexibility index (Phi) is 14.5. The zero-order valence-corrected chi connectivity index (χ0v) is 12.5. The van der Waals surface area contributed by atoms with Crippen LogP contribution in [-0.2, 0) is 14.3 Å². The molecule has 0 heterocycles. The average molecular weight is 270 g/mol. The number of unbranched alkanes of at least 4 members (excludes halogenated alkanes) is 9. The minimum absolute atomic E-state index is 0.0658. The summed E-state index contributed by atoms with van der Waals surface area (Å²) >= 11 is 0. The second kappa shape index (κ2) is 15.2. The Labute approximate surface area is 118 Å². The molecule has 0 spiro atoms. The number of rotatable bonds is 14. The lowest BCUT2D eigenvalue weighted by molar-refractivity contribution is -0.143. The third-order valence-electron chi connectivity index (χ3n) is 3.21. The third kappa shape index (κ3) is 15.1. The van der Waals surface area contributed by atoms with E-state index in [0.29, 0.717) is 19.4 Å². The van der Waals surface area contributed by atoms with Crippen LogP contribution in [0.1, 0.15) is 84.0 Å². The average Bonchev–Trinajstić information content (AvgIpc) is 2.41.